The molecule has 4 heterocycles. The Morgan fingerprint density at radius 2 is 2.17 bits per heavy atom. The molecule has 0 saturated carbocycles. The SMILES string of the molecule is CCCc1noc(-c2ccc(-n3ncc(C(=O)N4CCCC(C)C4)c3C)nc2)n1. The fourth-order valence-electron chi connectivity index (χ4n) is 3.73. The first-order valence-corrected chi connectivity index (χ1v) is 10.2. The Morgan fingerprint density at radius 3 is 2.90 bits per heavy atom. The molecule has 3 aromatic rings. The second-order valence-electron chi connectivity index (χ2n) is 7.72. The van der Waals surface area contributed by atoms with Crippen molar-refractivity contribution in [2.75, 3.05) is 13.1 Å². The lowest BCUT2D eigenvalue weighted by Crippen LogP contribution is -2.39. The average molecular weight is 394 g/mol. The molecule has 8 heteroatoms. The molecule has 1 aliphatic heterocycles. The number of pyridine rings is 1. The van der Waals surface area contributed by atoms with Crippen molar-refractivity contribution in [2.24, 2.45) is 5.92 Å². The van der Waals surface area contributed by atoms with Gasteiger partial charge in [0.1, 0.15) is 0 Å². The van der Waals surface area contributed by atoms with E-state index < -0.39 is 0 Å². The molecule has 8 nitrogen and oxygen atoms in total. The summed E-state index contributed by atoms with van der Waals surface area (Å²) < 4.78 is 7.01. The smallest absolute Gasteiger partial charge is 0.259 e. The van der Waals surface area contributed by atoms with E-state index >= 15 is 0 Å². The van der Waals surface area contributed by atoms with Gasteiger partial charge in [-0.05, 0) is 44.2 Å². The third-order valence-corrected chi connectivity index (χ3v) is 5.34. The predicted molar refractivity (Wildman–Crippen MR) is 108 cm³/mol. The molecule has 0 spiro atoms. The van der Waals surface area contributed by atoms with Crippen molar-refractivity contribution in [3.8, 4) is 17.3 Å². The molecule has 0 bridgehead atoms. The minimum absolute atomic E-state index is 0.0474. The Kier molecular flexibility index (Phi) is 5.42. The van der Waals surface area contributed by atoms with Gasteiger partial charge in [-0.25, -0.2) is 9.67 Å². The van der Waals surface area contributed by atoms with Gasteiger partial charge in [-0.15, -0.1) is 0 Å². The van der Waals surface area contributed by atoms with Crippen molar-refractivity contribution in [3.05, 3.63) is 41.6 Å². The number of piperidine rings is 1. The van der Waals surface area contributed by atoms with Crippen LogP contribution in [0.5, 0.6) is 0 Å². The van der Waals surface area contributed by atoms with Crippen molar-refractivity contribution < 1.29 is 9.32 Å². The van der Waals surface area contributed by atoms with Gasteiger partial charge >= 0.3 is 0 Å². The molecular formula is C21H26N6O2. The molecule has 0 aliphatic carbocycles. The number of aromatic nitrogens is 5. The van der Waals surface area contributed by atoms with Crippen LogP contribution in [-0.4, -0.2) is 48.8 Å². The third kappa shape index (κ3) is 3.92. The highest BCUT2D eigenvalue weighted by Gasteiger charge is 2.25. The van der Waals surface area contributed by atoms with Crippen molar-refractivity contribution in [3.63, 3.8) is 0 Å². The molecule has 1 atom stereocenters. The number of hydrogen-bond acceptors (Lipinski definition) is 6. The number of hydrogen-bond donors (Lipinski definition) is 0. The van der Waals surface area contributed by atoms with Crippen LogP contribution in [0.25, 0.3) is 17.3 Å². The fraction of sp³-hybridized carbons (Fsp3) is 0.476. The van der Waals surface area contributed by atoms with E-state index in [4.69, 9.17) is 4.52 Å². The van der Waals surface area contributed by atoms with E-state index in [1.54, 1.807) is 17.1 Å². The van der Waals surface area contributed by atoms with Crippen molar-refractivity contribution in [1.82, 2.24) is 29.8 Å². The molecule has 0 aromatic carbocycles. The highest BCUT2D eigenvalue weighted by molar-refractivity contribution is 5.95. The zero-order valence-electron chi connectivity index (χ0n) is 17.1. The molecule has 0 radical (unpaired) electrons. The topological polar surface area (TPSA) is 89.9 Å². The van der Waals surface area contributed by atoms with E-state index in [2.05, 4.69) is 34.1 Å². The first kappa shape index (κ1) is 19.3. The molecule has 1 saturated heterocycles. The second kappa shape index (κ2) is 8.14. The van der Waals surface area contributed by atoms with Crippen LogP contribution in [0.2, 0.25) is 0 Å². The van der Waals surface area contributed by atoms with E-state index in [1.807, 2.05) is 24.0 Å². The molecule has 152 valence electrons. The van der Waals surface area contributed by atoms with Crippen LogP contribution < -0.4 is 0 Å². The first-order chi connectivity index (χ1) is 14.1. The molecule has 1 unspecified atom stereocenters. The summed E-state index contributed by atoms with van der Waals surface area (Å²) in [6.07, 6.45) is 7.31. The summed E-state index contributed by atoms with van der Waals surface area (Å²) in [5.41, 5.74) is 2.18. The van der Waals surface area contributed by atoms with Gasteiger partial charge in [-0.3, -0.25) is 4.79 Å². The summed E-state index contributed by atoms with van der Waals surface area (Å²) in [5.74, 6) is 2.39. The highest BCUT2D eigenvalue weighted by atomic mass is 16.5. The number of rotatable bonds is 5. The molecular weight excluding hydrogens is 368 g/mol. The van der Waals surface area contributed by atoms with Gasteiger partial charge in [0, 0.05) is 25.7 Å². The minimum atomic E-state index is 0.0474. The van der Waals surface area contributed by atoms with Crippen molar-refractivity contribution >= 4 is 5.91 Å². The van der Waals surface area contributed by atoms with E-state index in [0.717, 1.165) is 43.6 Å². The van der Waals surface area contributed by atoms with Gasteiger partial charge < -0.3 is 9.42 Å². The Morgan fingerprint density at radius 1 is 1.31 bits per heavy atom. The van der Waals surface area contributed by atoms with Gasteiger partial charge in [0.15, 0.2) is 11.6 Å². The minimum Gasteiger partial charge on any atom is -0.338 e. The summed E-state index contributed by atoms with van der Waals surface area (Å²) in [4.78, 5) is 23.7. The van der Waals surface area contributed by atoms with Gasteiger partial charge in [-0.1, -0.05) is 19.0 Å². The first-order valence-electron chi connectivity index (χ1n) is 10.2. The van der Waals surface area contributed by atoms with Crippen molar-refractivity contribution in [1.29, 1.82) is 0 Å². The van der Waals surface area contributed by atoms with Crippen molar-refractivity contribution in [2.45, 2.75) is 46.5 Å². The molecule has 29 heavy (non-hydrogen) atoms. The lowest BCUT2D eigenvalue weighted by molar-refractivity contribution is 0.0682. The zero-order valence-corrected chi connectivity index (χ0v) is 17.1. The highest BCUT2D eigenvalue weighted by Crippen LogP contribution is 2.22. The molecule has 3 aromatic heterocycles. The number of carbonyl (C=O) groups is 1. The van der Waals surface area contributed by atoms with E-state index in [9.17, 15) is 4.79 Å². The second-order valence-corrected chi connectivity index (χ2v) is 7.72. The maximum absolute atomic E-state index is 12.9. The van der Waals surface area contributed by atoms with E-state index in [0.29, 0.717) is 29.0 Å². The lowest BCUT2D eigenvalue weighted by atomic mass is 9.99. The number of aryl methyl sites for hydroxylation is 1. The molecule has 0 N–H and O–H groups in total. The normalized spacial score (nSPS) is 16.9. The zero-order chi connectivity index (χ0) is 20.4. The van der Waals surface area contributed by atoms with Crippen LogP contribution in [0, 0.1) is 12.8 Å². The van der Waals surface area contributed by atoms with Crippen LogP contribution in [-0.2, 0) is 6.42 Å². The summed E-state index contributed by atoms with van der Waals surface area (Å²) in [7, 11) is 0. The van der Waals surface area contributed by atoms with E-state index in [1.165, 1.54) is 6.42 Å². The third-order valence-electron chi connectivity index (χ3n) is 5.34. The number of nitrogens with zero attached hydrogens (tertiary/aromatic N) is 6. The summed E-state index contributed by atoms with van der Waals surface area (Å²) in [6.45, 7) is 7.78. The monoisotopic (exact) mass is 394 g/mol. The molecule has 1 aliphatic rings. The van der Waals surface area contributed by atoms with Crippen LogP contribution in [0.15, 0.2) is 29.0 Å². The Labute approximate surface area is 169 Å². The van der Waals surface area contributed by atoms with Gasteiger partial charge in [0.2, 0.25) is 0 Å². The largest absolute Gasteiger partial charge is 0.338 e. The number of likely N-dealkylation sites (tertiary alicyclic amines) is 1. The number of amides is 1. The summed E-state index contributed by atoms with van der Waals surface area (Å²) in [6, 6.07) is 3.72. The lowest BCUT2D eigenvalue weighted by Gasteiger charge is -2.30. The molecule has 1 amide bonds. The van der Waals surface area contributed by atoms with E-state index in [-0.39, 0.29) is 5.91 Å². The molecule has 1 fully saturated rings. The quantitative estimate of drug-likeness (QED) is 0.658. The Bertz CT molecular complexity index is 991. The fourth-order valence-corrected chi connectivity index (χ4v) is 3.73. The van der Waals surface area contributed by atoms with Gasteiger partial charge in [-0.2, -0.15) is 10.1 Å². The van der Waals surface area contributed by atoms with Gasteiger partial charge in [0.05, 0.1) is 23.0 Å². The average Bonchev–Trinajstić information content (AvgIpc) is 3.35. The Balaban J connectivity index is 1.53. The van der Waals surface area contributed by atoms with Crippen LogP contribution in [0.3, 0.4) is 0 Å². The Hall–Kier alpha value is -3.03. The molecule has 4 rings (SSSR count). The number of carbonyl (C=O) groups excluding carboxylic acids is 1. The van der Waals surface area contributed by atoms with Crippen LogP contribution in [0.4, 0.5) is 0 Å². The maximum Gasteiger partial charge on any atom is 0.259 e. The standard InChI is InChI=1S/C21H26N6O2/c1-4-6-18-24-20(29-25-18)16-8-9-19(22-11-16)27-15(3)17(12-23-27)21(28)26-10-5-7-14(2)13-26/h8-9,11-12,14H,4-7,10,13H2,1-3H3. The predicted octanol–water partition coefficient (Wildman–Crippen LogP) is 3.45. The van der Waals surface area contributed by atoms with Crippen LogP contribution >= 0.6 is 0 Å². The summed E-state index contributed by atoms with van der Waals surface area (Å²) >= 11 is 0. The summed E-state index contributed by atoms with van der Waals surface area (Å²) in [5, 5.41) is 8.38. The van der Waals surface area contributed by atoms with Crippen LogP contribution in [0.1, 0.15) is 55.0 Å². The van der Waals surface area contributed by atoms with Gasteiger partial charge in [0.25, 0.3) is 11.8 Å². The maximum atomic E-state index is 12.9.